The zero-order chi connectivity index (χ0) is 17.2. The molecule has 24 heavy (non-hydrogen) atoms. The van der Waals surface area contributed by atoms with Crippen LogP contribution in [0.1, 0.15) is 61.8 Å². The van der Waals surface area contributed by atoms with Crippen LogP contribution >= 0.6 is 22.6 Å². The molecular formula is C22H26IN. The first-order valence-electron chi connectivity index (χ1n) is 8.75. The number of benzene rings is 2. The molecule has 0 spiro atoms. The second-order valence-corrected chi connectivity index (χ2v) is 8.85. The Kier molecular flexibility index (Phi) is 5.46. The van der Waals surface area contributed by atoms with Crippen molar-refractivity contribution in [2.45, 2.75) is 45.1 Å². The summed E-state index contributed by atoms with van der Waals surface area (Å²) in [5, 5.41) is 3.62. The third kappa shape index (κ3) is 4.28. The van der Waals surface area contributed by atoms with Gasteiger partial charge >= 0.3 is 0 Å². The highest BCUT2D eigenvalue weighted by Crippen LogP contribution is 2.38. The number of fused-ring (bicyclic) bond motifs is 2. The topological polar surface area (TPSA) is 12.0 Å². The molecule has 1 aliphatic rings. The molecule has 2 aromatic rings. The lowest BCUT2D eigenvalue weighted by Crippen LogP contribution is -2.36. The minimum Gasteiger partial charge on any atom is -0.312 e. The monoisotopic (exact) mass is 431 g/mol. The summed E-state index contributed by atoms with van der Waals surface area (Å²) in [6.07, 6.45) is 6.90. The van der Waals surface area contributed by atoms with E-state index in [9.17, 15) is 0 Å². The van der Waals surface area contributed by atoms with Crippen LogP contribution in [0.5, 0.6) is 0 Å². The van der Waals surface area contributed by atoms with E-state index >= 15 is 0 Å². The number of nitrogens with one attached hydrogen (secondary N) is 1. The molecule has 2 aromatic carbocycles. The van der Waals surface area contributed by atoms with Crippen molar-refractivity contribution >= 4 is 34.7 Å². The Labute approximate surface area is 159 Å². The fourth-order valence-electron chi connectivity index (χ4n) is 3.41. The van der Waals surface area contributed by atoms with Gasteiger partial charge < -0.3 is 5.32 Å². The Balaban J connectivity index is 1.89. The van der Waals surface area contributed by atoms with Crippen LogP contribution in [0.15, 0.2) is 42.5 Å². The van der Waals surface area contributed by atoms with Gasteiger partial charge in [-0.05, 0) is 97.1 Å². The maximum atomic E-state index is 3.62. The molecule has 1 unspecified atom stereocenters. The molecule has 126 valence electrons. The molecule has 2 heteroatoms. The summed E-state index contributed by atoms with van der Waals surface area (Å²) < 4.78 is 1.32. The fraction of sp³-hybridized carbons (Fsp3) is 0.364. The van der Waals surface area contributed by atoms with Crippen LogP contribution in [0, 0.1) is 3.57 Å². The second-order valence-electron chi connectivity index (χ2n) is 7.61. The second kappa shape index (κ2) is 7.40. The fourth-order valence-corrected chi connectivity index (χ4v) is 3.92. The Morgan fingerprint density at radius 2 is 1.67 bits per heavy atom. The smallest absolute Gasteiger partial charge is 0.0133 e. The zero-order valence-electron chi connectivity index (χ0n) is 14.8. The van der Waals surface area contributed by atoms with E-state index < -0.39 is 0 Å². The van der Waals surface area contributed by atoms with Crippen LogP contribution in [0.3, 0.4) is 0 Å². The molecule has 0 saturated heterocycles. The lowest BCUT2D eigenvalue weighted by atomic mass is 9.84. The predicted molar refractivity (Wildman–Crippen MR) is 113 cm³/mol. The molecule has 0 saturated carbocycles. The summed E-state index contributed by atoms with van der Waals surface area (Å²) in [6, 6.07) is 15.7. The molecule has 1 aliphatic carbocycles. The van der Waals surface area contributed by atoms with Gasteiger partial charge in [-0.1, -0.05) is 42.5 Å². The number of hydrogen-bond donors (Lipinski definition) is 1. The van der Waals surface area contributed by atoms with Crippen molar-refractivity contribution in [1.82, 2.24) is 5.32 Å². The summed E-state index contributed by atoms with van der Waals surface area (Å²) >= 11 is 2.43. The maximum absolute atomic E-state index is 3.62. The highest BCUT2D eigenvalue weighted by Gasteiger charge is 2.21. The van der Waals surface area contributed by atoms with E-state index in [1.54, 1.807) is 0 Å². The summed E-state index contributed by atoms with van der Waals surface area (Å²) in [4.78, 5) is 0. The van der Waals surface area contributed by atoms with Gasteiger partial charge in [-0.2, -0.15) is 0 Å². The largest absolute Gasteiger partial charge is 0.312 e. The Morgan fingerprint density at radius 1 is 0.958 bits per heavy atom. The van der Waals surface area contributed by atoms with Gasteiger partial charge in [0.1, 0.15) is 0 Å². The van der Waals surface area contributed by atoms with Gasteiger partial charge in [0.15, 0.2) is 0 Å². The molecule has 0 amide bonds. The van der Waals surface area contributed by atoms with Crippen LogP contribution < -0.4 is 5.32 Å². The van der Waals surface area contributed by atoms with E-state index in [0.717, 1.165) is 6.54 Å². The lowest BCUT2D eigenvalue weighted by molar-refractivity contribution is 0.416. The highest BCUT2D eigenvalue weighted by molar-refractivity contribution is 14.1. The van der Waals surface area contributed by atoms with Crippen molar-refractivity contribution < 1.29 is 0 Å². The third-order valence-corrected chi connectivity index (χ3v) is 5.23. The van der Waals surface area contributed by atoms with E-state index in [-0.39, 0.29) is 5.54 Å². The predicted octanol–water partition coefficient (Wildman–Crippen LogP) is 6.08. The van der Waals surface area contributed by atoms with E-state index in [4.69, 9.17) is 0 Å². The number of hydrogen-bond acceptors (Lipinski definition) is 1. The van der Waals surface area contributed by atoms with Crippen molar-refractivity contribution in [2.75, 3.05) is 6.54 Å². The Bertz CT molecular complexity index is 740. The molecule has 0 fully saturated rings. The normalized spacial score (nSPS) is 16.4. The molecule has 1 nitrogen and oxygen atoms in total. The first-order chi connectivity index (χ1) is 11.4. The third-order valence-electron chi connectivity index (χ3n) is 4.56. The van der Waals surface area contributed by atoms with Gasteiger partial charge in [-0.15, -0.1) is 0 Å². The van der Waals surface area contributed by atoms with Gasteiger partial charge in [0.25, 0.3) is 0 Å². The molecule has 0 aromatic heterocycles. The average molecular weight is 431 g/mol. The van der Waals surface area contributed by atoms with E-state index in [1.807, 2.05) is 0 Å². The minimum atomic E-state index is 0.191. The minimum absolute atomic E-state index is 0.191. The standard InChI is InChI=1S/C22H26IN/c1-22(2,3)24-14-6-9-20-19-8-5-4-7-16(19)10-11-17-12-13-18(23)15-21(17)20/h4-5,7-8,10-13,15,20,24H,6,9,14H2,1-3H3. The molecule has 0 radical (unpaired) electrons. The van der Waals surface area contributed by atoms with Crippen LogP contribution in [0.4, 0.5) is 0 Å². The van der Waals surface area contributed by atoms with Crippen molar-refractivity contribution in [1.29, 1.82) is 0 Å². The molecule has 1 N–H and O–H groups in total. The van der Waals surface area contributed by atoms with E-state index in [0.29, 0.717) is 5.92 Å². The molecular weight excluding hydrogens is 405 g/mol. The maximum Gasteiger partial charge on any atom is 0.0133 e. The SMILES string of the molecule is CC(C)(C)NCCCC1c2ccccc2C=Cc2ccc(I)cc21. The van der Waals surface area contributed by atoms with Gasteiger partial charge in [-0.25, -0.2) is 0 Å². The van der Waals surface area contributed by atoms with Crippen molar-refractivity contribution in [3.05, 3.63) is 68.3 Å². The van der Waals surface area contributed by atoms with Crippen molar-refractivity contribution in [3.8, 4) is 0 Å². The van der Waals surface area contributed by atoms with Gasteiger partial charge in [-0.3, -0.25) is 0 Å². The van der Waals surface area contributed by atoms with Gasteiger partial charge in [0, 0.05) is 15.0 Å². The number of halogens is 1. The van der Waals surface area contributed by atoms with Crippen LogP contribution in [-0.4, -0.2) is 12.1 Å². The quantitative estimate of drug-likeness (QED) is 0.457. The summed E-state index contributed by atoms with van der Waals surface area (Å²) in [5.41, 5.74) is 5.85. The van der Waals surface area contributed by atoms with Crippen molar-refractivity contribution in [3.63, 3.8) is 0 Å². The lowest BCUT2D eigenvalue weighted by Gasteiger charge is -2.23. The first-order valence-corrected chi connectivity index (χ1v) is 9.83. The summed E-state index contributed by atoms with van der Waals surface area (Å²) in [6.45, 7) is 7.76. The molecule has 1 atom stereocenters. The van der Waals surface area contributed by atoms with E-state index in [1.165, 1.54) is 38.7 Å². The molecule has 0 heterocycles. The first kappa shape index (κ1) is 17.7. The summed E-state index contributed by atoms with van der Waals surface area (Å²) in [5.74, 6) is 0.475. The van der Waals surface area contributed by atoms with Gasteiger partial charge in [0.2, 0.25) is 0 Å². The van der Waals surface area contributed by atoms with Crippen LogP contribution in [0.25, 0.3) is 12.2 Å². The van der Waals surface area contributed by atoms with Gasteiger partial charge in [0.05, 0.1) is 0 Å². The molecule has 0 aliphatic heterocycles. The highest BCUT2D eigenvalue weighted by atomic mass is 127. The average Bonchev–Trinajstić information content (AvgIpc) is 2.68. The molecule has 3 rings (SSSR count). The van der Waals surface area contributed by atoms with E-state index in [2.05, 4.69) is 103 Å². The summed E-state index contributed by atoms with van der Waals surface area (Å²) in [7, 11) is 0. The van der Waals surface area contributed by atoms with Crippen molar-refractivity contribution in [2.24, 2.45) is 0 Å². The molecule has 0 bridgehead atoms. The zero-order valence-corrected chi connectivity index (χ0v) is 16.9. The van der Waals surface area contributed by atoms with Crippen LogP contribution in [0.2, 0.25) is 0 Å². The van der Waals surface area contributed by atoms with Crippen LogP contribution in [-0.2, 0) is 0 Å². The number of rotatable bonds is 4. The Morgan fingerprint density at radius 3 is 2.42 bits per heavy atom. The Hall–Kier alpha value is -1.13.